The van der Waals surface area contributed by atoms with Crippen LogP contribution in [0.25, 0.3) is 0 Å². The summed E-state index contributed by atoms with van der Waals surface area (Å²) >= 11 is 5.87. The Morgan fingerprint density at radius 2 is 2.28 bits per heavy atom. The van der Waals surface area contributed by atoms with E-state index in [1.54, 1.807) is 11.0 Å². The summed E-state index contributed by atoms with van der Waals surface area (Å²) in [4.78, 5) is 23.5. The average Bonchev–Trinajstić information content (AvgIpc) is 2.37. The number of halogens is 1. The van der Waals surface area contributed by atoms with E-state index in [9.17, 15) is 9.59 Å². The Morgan fingerprint density at radius 1 is 1.50 bits per heavy atom. The molecule has 0 bridgehead atoms. The van der Waals surface area contributed by atoms with E-state index in [0.717, 1.165) is 12.0 Å². The summed E-state index contributed by atoms with van der Waals surface area (Å²) in [5.41, 5.74) is 0.965. The Morgan fingerprint density at radius 3 is 2.89 bits per heavy atom. The number of nitrogens with zero attached hydrogens (tertiary/aromatic N) is 1. The lowest BCUT2D eigenvalue weighted by Gasteiger charge is -2.17. The number of rotatable bonds is 7. The zero-order chi connectivity index (χ0) is 13.4. The molecule has 0 aliphatic heterocycles. The highest BCUT2D eigenvalue weighted by atomic mass is 35.5. The van der Waals surface area contributed by atoms with E-state index < -0.39 is 0 Å². The summed E-state index contributed by atoms with van der Waals surface area (Å²) in [5, 5.41) is 0.646. The molecule has 0 aliphatic rings. The molecule has 0 unspecified atom stereocenters. The summed E-state index contributed by atoms with van der Waals surface area (Å²) in [5.74, 6) is -0.261. The second-order valence-electron chi connectivity index (χ2n) is 3.89. The van der Waals surface area contributed by atoms with Gasteiger partial charge in [-0.25, -0.2) is 0 Å². The molecule has 98 valence electrons. The predicted octanol–water partition coefficient (Wildman–Crippen LogP) is 2.25. The molecule has 0 spiro atoms. The monoisotopic (exact) mass is 269 g/mol. The lowest BCUT2D eigenvalue weighted by molar-refractivity contribution is -0.141. The van der Waals surface area contributed by atoms with Crippen LogP contribution < -0.4 is 0 Å². The molecule has 0 fully saturated rings. The van der Waals surface area contributed by atoms with Gasteiger partial charge in [-0.15, -0.1) is 0 Å². The number of carbonyl (C=O) groups is 2. The molecule has 18 heavy (non-hydrogen) atoms. The number of methoxy groups -OCH3 is 1. The zero-order valence-corrected chi connectivity index (χ0v) is 11.0. The molecule has 1 amide bonds. The van der Waals surface area contributed by atoms with Gasteiger partial charge in [-0.05, 0) is 24.1 Å². The largest absolute Gasteiger partial charge is 0.469 e. The van der Waals surface area contributed by atoms with Gasteiger partial charge in [0.05, 0.1) is 7.11 Å². The fourth-order valence-corrected chi connectivity index (χ4v) is 1.78. The summed E-state index contributed by atoms with van der Waals surface area (Å²) in [6, 6.07) is 7.35. The minimum absolute atomic E-state index is 0.261. The maximum absolute atomic E-state index is 10.9. The van der Waals surface area contributed by atoms with E-state index in [4.69, 9.17) is 11.6 Å². The lowest BCUT2D eigenvalue weighted by atomic mass is 10.2. The fraction of sp³-hybridized carbons (Fsp3) is 0.385. The van der Waals surface area contributed by atoms with Crippen LogP contribution in [0.15, 0.2) is 24.3 Å². The van der Waals surface area contributed by atoms with E-state index in [1.165, 1.54) is 7.11 Å². The molecule has 0 radical (unpaired) electrons. The van der Waals surface area contributed by atoms with Crippen LogP contribution in [0.1, 0.15) is 18.4 Å². The van der Waals surface area contributed by atoms with Crippen LogP contribution in [-0.4, -0.2) is 30.9 Å². The van der Waals surface area contributed by atoms with Gasteiger partial charge in [0.2, 0.25) is 6.41 Å². The van der Waals surface area contributed by atoms with Crippen molar-refractivity contribution >= 4 is 24.0 Å². The zero-order valence-electron chi connectivity index (χ0n) is 10.3. The number of carbonyl (C=O) groups excluding carboxylic acids is 2. The molecule has 0 heterocycles. The van der Waals surface area contributed by atoms with Crippen molar-refractivity contribution in [2.75, 3.05) is 13.7 Å². The number of esters is 1. The number of ether oxygens (including phenoxy) is 1. The molecule has 0 saturated carbocycles. The van der Waals surface area contributed by atoms with E-state index in [-0.39, 0.29) is 5.97 Å². The van der Waals surface area contributed by atoms with Crippen LogP contribution in [0.5, 0.6) is 0 Å². The lowest BCUT2D eigenvalue weighted by Crippen LogP contribution is -2.23. The SMILES string of the molecule is COC(=O)CCCN(C=O)Cc1cccc(Cl)c1. The molecule has 0 aliphatic carbocycles. The maximum Gasteiger partial charge on any atom is 0.305 e. The third kappa shape index (κ3) is 5.19. The first-order valence-electron chi connectivity index (χ1n) is 5.66. The molecule has 1 aromatic rings. The Bertz CT molecular complexity index is 409. The van der Waals surface area contributed by atoms with E-state index in [2.05, 4.69) is 4.74 Å². The van der Waals surface area contributed by atoms with Crippen molar-refractivity contribution in [1.82, 2.24) is 4.90 Å². The fourth-order valence-electron chi connectivity index (χ4n) is 1.57. The molecule has 0 atom stereocenters. The Labute approximate surface area is 111 Å². The van der Waals surface area contributed by atoms with Crippen LogP contribution in [0.4, 0.5) is 0 Å². The molecular weight excluding hydrogens is 254 g/mol. The summed E-state index contributed by atoms with van der Waals surface area (Å²) in [6.07, 6.45) is 1.68. The number of benzene rings is 1. The second kappa shape index (κ2) is 7.71. The highest BCUT2D eigenvalue weighted by Crippen LogP contribution is 2.12. The molecule has 0 N–H and O–H groups in total. The van der Waals surface area contributed by atoms with Gasteiger partial charge in [-0.3, -0.25) is 9.59 Å². The van der Waals surface area contributed by atoms with Gasteiger partial charge in [0.25, 0.3) is 0 Å². The first-order valence-corrected chi connectivity index (χ1v) is 6.04. The minimum atomic E-state index is -0.261. The maximum atomic E-state index is 10.9. The number of hydrogen-bond acceptors (Lipinski definition) is 3. The number of hydrogen-bond donors (Lipinski definition) is 0. The molecular formula is C13H16ClNO3. The van der Waals surface area contributed by atoms with Gasteiger partial charge in [0.1, 0.15) is 0 Å². The second-order valence-corrected chi connectivity index (χ2v) is 4.32. The summed E-state index contributed by atoms with van der Waals surface area (Å²) < 4.78 is 4.54. The number of amides is 1. The highest BCUT2D eigenvalue weighted by molar-refractivity contribution is 6.30. The van der Waals surface area contributed by atoms with Crippen molar-refractivity contribution in [1.29, 1.82) is 0 Å². The molecule has 0 aromatic heterocycles. The summed E-state index contributed by atoms with van der Waals surface area (Å²) in [7, 11) is 1.35. The third-order valence-electron chi connectivity index (χ3n) is 2.48. The van der Waals surface area contributed by atoms with Gasteiger partial charge < -0.3 is 9.64 Å². The van der Waals surface area contributed by atoms with E-state index >= 15 is 0 Å². The molecule has 1 aromatic carbocycles. The predicted molar refractivity (Wildman–Crippen MR) is 69.2 cm³/mol. The molecule has 0 saturated heterocycles. The Balaban J connectivity index is 2.42. The van der Waals surface area contributed by atoms with Crippen molar-refractivity contribution in [3.8, 4) is 0 Å². The van der Waals surface area contributed by atoms with Gasteiger partial charge >= 0.3 is 5.97 Å². The Hall–Kier alpha value is -1.55. The van der Waals surface area contributed by atoms with Crippen LogP contribution >= 0.6 is 11.6 Å². The standard InChI is InChI=1S/C13H16ClNO3/c1-18-13(17)6-3-7-15(10-16)9-11-4-2-5-12(14)8-11/h2,4-5,8,10H,3,6-7,9H2,1H3. The van der Waals surface area contributed by atoms with Crippen molar-refractivity contribution in [3.05, 3.63) is 34.9 Å². The van der Waals surface area contributed by atoms with Gasteiger partial charge in [-0.1, -0.05) is 23.7 Å². The first-order chi connectivity index (χ1) is 8.65. The van der Waals surface area contributed by atoms with E-state index in [1.807, 2.05) is 18.2 Å². The highest BCUT2D eigenvalue weighted by Gasteiger charge is 2.06. The van der Waals surface area contributed by atoms with Crippen LogP contribution in [0, 0.1) is 0 Å². The minimum Gasteiger partial charge on any atom is -0.469 e. The van der Waals surface area contributed by atoms with Gasteiger partial charge in [-0.2, -0.15) is 0 Å². The summed E-state index contributed by atoms with van der Waals surface area (Å²) in [6.45, 7) is 1.01. The first kappa shape index (κ1) is 14.5. The van der Waals surface area contributed by atoms with E-state index in [0.29, 0.717) is 31.0 Å². The van der Waals surface area contributed by atoms with Crippen LogP contribution in [0.2, 0.25) is 5.02 Å². The normalized spacial score (nSPS) is 9.89. The smallest absolute Gasteiger partial charge is 0.305 e. The quantitative estimate of drug-likeness (QED) is 0.563. The average molecular weight is 270 g/mol. The Kier molecular flexibility index (Phi) is 6.22. The molecule has 5 heteroatoms. The van der Waals surface area contributed by atoms with Gasteiger partial charge in [0.15, 0.2) is 0 Å². The van der Waals surface area contributed by atoms with Gasteiger partial charge in [0, 0.05) is 24.5 Å². The third-order valence-corrected chi connectivity index (χ3v) is 2.71. The van der Waals surface area contributed by atoms with Crippen LogP contribution in [0.3, 0.4) is 0 Å². The van der Waals surface area contributed by atoms with Crippen molar-refractivity contribution in [2.24, 2.45) is 0 Å². The van der Waals surface area contributed by atoms with Crippen molar-refractivity contribution in [3.63, 3.8) is 0 Å². The van der Waals surface area contributed by atoms with Crippen LogP contribution in [-0.2, 0) is 20.9 Å². The van der Waals surface area contributed by atoms with Crippen molar-refractivity contribution in [2.45, 2.75) is 19.4 Å². The molecule has 1 rings (SSSR count). The van der Waals surface area contributed by atoms with Crippen molar-refractivity contribution < 1.29 is 14.3 Å². The topological polar surface area (TPSA) is 46.6 Å². The molecule has 4 nitrogen and oxygen atoms in total.